The molecule has 0 aliphatic carbocycles. The van der Waals surface area contributed by atoms with Crippen molar-refractivity contribution in [3.63, 3.8) is 0 Å². The van der Waals surface area contributed by atoms with E-state index >= 15 is 0 Å². The number of hydrogen-bond donors (Lipinski definition) is 1. The van der Waals surface area contributed by atoms with Gasteiger partial charge in [0.15, 0.2) is 0 Å². The summed E-state index contributed by atoms with van der Waals surface area (Å²) in [5, 5.41) is 19.5. The summed E-state index contributed by atoms with van der Waals surface area (Å²) >= 11 is 0. The first-order valence-electron chi connectivity index (χ1n) is 7.16. The molecule has 106 valence electrons. The molecule has 0 aliphatic heterocycles. The summed E-state index contributed by atoms with van der Waals surface area (Å²) in [4.78, 5) is 0. The maximum absolute atomic E-state index is 9.34. The van der Waals surface area contributed by atoms with Crippen molar-refractivity contribution in [1.29, 1.82) is 5.26 Å². The Kier molecular flexibility index (Phi) is 4.46. The van der Waals surface area contributed by atoms with Gasteiger partial charge in [0.05, 0.1) is 18.1 Å². The lowest BCUT2D eigenvalue weighted by molar-refractivity contribution is 0.283. The minimum atomic E-state index is -0.219. The highest BCUT2D eigenvalue weighted by Crippen LogP contribution is 2.24. The van der Waals surface area contributed by atoms with E-state index in [4.69, 9.17) is 5.26 Å². The van der Waals surface area contributed by atoms with Gasteiger partial charge in [0.2, 0.25) is 0 Å². The smallest absolute Gasteiger partial charge is 0.0688 e. The number of aryl methyl sites for hydroxylation is 1. The monoisotopic (exact) mass is 270 g/mol. The zero-order valence-corrected chi connectivity index (χ0v) is 12.3. The van der Waals surface area contributed by atoms with Crippen LogP contribution < -0.4 is 0 Å². The van der Waals surface area contributed by atoms with E-state index in [1.54, 1.807) is 0 Å². The number of aliphatic hydroxyl groups excluding tert-OH is 1. The van der Waals surface area contributed by atoms with Gasteiger partial charge in [0, 0.05) is 23.6 Å². The number of rotatable bonds is 6. The van der Waals surface area contributed by atoms with Crippen LogP contribution in [0.5, 0.6) is 0 Å². The molecule has 1 N–H and O–H groups in total. The van der Waals surface area contributed by atoms with E-state index in [1.165, 1.54) is 5.52 Å². The minimum absolute atomic E-state index is 0.0811. The molecule has 1 aromatic carbocycles. The zero-order valence-electron chi connectivity index (χ0n) is 12.3. The van der Waals surface area contributed by atoms with Gasteiger partial charge in [-0.1, -0.05) is 18.6 Å². The Labute approximate surface area is 120 Å². The molecule has 0 bridgehead atoms. The summed E-state index contributed by atoms with van der Waals surface area (Å²) in [5.41, 5.74) is 1.94. The van der Waals surface area contributed by atoms with Crippen molar-refractivity contribution in [3.8, 4) is 6.07 Å². The molecule has 0 fully saturated rings. The van der Waals surface area contributed by atoms with E-state index in [0.717, 1.165) is 36.8 Å². The number of benzene rings is 1. The summed E-state index contributed by atoms with van der Waals surface area (Å²) in [6.07, 6.45) is 5.14. The Bertz CT molecular complexity index is 619. The second kappa shape index (κ2) is 6.11. The number of fused-ring (bicyclic) bond motifs is 1. The van der Waals surface area contributed by atoms with Gasteiger partial charge in [-0.25, -0.2) is 0 Å². The molecule has 0 saturated heterocycles. The van der Waals surface area contributed by atoms with Crippen molar-refractivity contribution in [2.24, 2.45) is 5.41 Å². The predicted molar refractivity (Wildman–Crippen MR) is 81.1 cm³/mol. The predicted octanol–water partition coefficient (Wildman–Crippen LogP) is 3.85. The maximum Gasteiger partial charge on any atom is 0.0688 e. The van der Waals surface area contributed by atoms with E-state index in [-0.39, 0.29) is 12.0 Å². The molecule has 0 saturated carbocycles. The molecule has 0 radical (unpaired) electrons. The minimum Gasteiger partial charge on any atom is -0.392 e. The summed E-state index contributed by atoms with van der Waals surface area (Å²) in [5.74, 6) is 0. The maximum atomic E-state index is 9.34. The number of unbranched alkanes of at least 4 members (excludes halogenated alkanes) is 1. The van der Waals surface area contributed by atoms with Crippen LogP contribution >= 0.6 is 0 Å². The number of nitrogens with zero attached hydrogens (tertiary/aromatic N) is 2. The van der Waals surface area contributed by atoms with Gasteiger partial charge < -0.3 is 9.67 Å². The average molecular weight is 270 g/mol. The molecule has 0 unspecified atom stereocenters. The number of aromatic nitrogens is 1. The molecule has 0 spiro atoms. The van der Waals surface area contributed by atoms with E-state index in [1.807, 2.05) is 26.0 Å². The Hall–Kier alpha value is -1.79. The first-order chi connectivity index (χ1) is 9.57. The molecule has 0 amide bonds. The third-order valence-electron chi connectivity index (χ3n) is 3.83. The van der Waals surface area contributed by atoms with Gasteiger partial charge in [-0.3, -0.25) is 0 Å². The van der Waals surface area contributed by atoms with Crippen molar-refractivity contribution < 1.29 is 5.11 Å². The lowest BCUT2D eigenvalue weighted by Crippen LogP contribution is -2.08. The normalized spacial score (nSPS) is 11.7. The lowest BCUT2D eigenvalue weighted by atomic mass is 9.89. The molecule has 3 nitrogen and oxygen atoms in total. The number of hydrogen-bond acceptors (Lipinski definition) is 2. The quantitative estimate of drug-likeness (QED) is 0.810. The zero-order chi connectivity index (χ0) is 14.6. The standard InChI is InChI=1S/C17H22N2O/c1-17(2,13-18)9-3-4-10-19-11-8-15-14(12-20)6-5-7-16(15)19/h5-8,11,20H,3-4,9-10,12H2,1-2H3. The fraction of sp³-hybridized carbons (Fsp3) is 0.471. The van der Waals surface area contributed by atoms with Gasteiger partial charge in [0.1, 0.15) is 0 Å². The van der Waals surface area contributed by atoms with Gasteiger partial charge in [-0.05, 0) is 44.4 Å². The highest BCUT2D eigenvalue weighted by atomic mass is 16.3. The molecule has 2 aromatic rings. The summed E-state index contributed by atoms with van der Waals surface area (Å²) in [6.45, 7) is 5.02. The number of nitriles is 1. The fourth-order valence-corrected chi connectivity index (χ4v) is 2.53. The third kappa shape index (κ3) is 3.20. The molecule has 3 heteroatoms. The molecular formula is C17H22N2O. The first kappa shape index (κ1) is 14.6. The highest BCUT2D eigenvalue weighted by molar-refractivity contribution is 5.83. The summed E-state index contributed by atoms with van der Waals surface area (Å²) in [7, 11) is 0. The largest absolute Gasteiger partial charge is 0.392 e. The van der Waals surface area contributed by atoms with Gasteiger partial charge in [-0.15, -0.1) is 0 Å². The molecule has 1 aromatic heterocycles. The summed E-state index contributed by atoms with van der Waals surface area (Å²) in [6, 6.07) is 10.5. The highest BCUT2D eigenvalue weighted by Gasteiger charge is 2.15. The Morgan fingerprint density at radius 1 is 1.25 bits per heavy atom. The van der Waals surface area contributed by atoms with Gasteiger partial charge in [-0.2, -0.15) is 5.26 Å². The van der Waals surface area contributed by atoms with Crippen LogP contribution in [-0.2, 0) is 13.2 Å². The van der Waals surface area contributed by atoms with Crippen LogP contribution in [0.3, 0.4) is 0 Å². The van der Waals surface area contributed by atoms with Crippen molar-refractivity contribution in [2.45, 2.75) is 46.3 Å². The molecule has 1 heterocycles. The third-order valence-corrected chi connectivity index (χ3v) is 3.83. The van der Waals surface area contributed by atoms with Crippen LogP contribution in [0, 0.1) is 16.7 Å². The Morgan fingerprint density at radius 3 is 2.75 bits per heavy atom. The van der Waals surface area contributed by atoms with Crippen molar-refractivity contribution in [3.05, 3.63) is 36.0 Å². The lowest BCUT2D eigenvalue weighted by Gasteiger charge is -2.14. The van der Waals surface area contributed by atoms with E-state index in [0.29, 0.717) is 0 Å². The van der Waals surface area contributed by atoms with Gasteiger partial charge >= 0.3 is 0 Å². The van der Waals surface area contributed by atoms with Crippen LogP contribution in [0.25, 0.3) is 10.9 Å². The molecule has 0 atom stereocenters. The van der Waals surface area contributed by atoms with E-state index in [2.05, 4.69) is 29.0 Å². The van der Waals surface area contributed by atoms with Crippen LogP contribution in [0.2, 0.25) is 0 Å². The van der Waals surface area contributed by atoms with Crippen LogP contribution in [0.1, 0.15) is 38.7 Å². The van der Waals surface area contributed by atoms with Crippen molar-refractivity contribution in [2.75, 3.05) is 0 Å². The molecule has 20 heavy (non-hydrogen) atoms. The van der Waals surface area contributed by atoms with Crippen molar-refractivity contribution >= 4 is 10.9 Å². The SMILES string of the molecule is CC(C)(C#N)CCCCn1ccc2c(CO)cccc21. The fourth-order valence-electron chi connectivity index (χ4n) is 2.53. The second-order valence-corrected chi connectivity index (χ2v) is 5.97. The molecule has 0 aliphatic rings. The first-order valence-corrected chi connectivity index (χ1v) is 7.16. The number of aliphatic hydroxyl groups is 1. The summed E-state index contributed by atoms with van der Waals surface area (Å²) < 4.78 is 2.23. The molecule has 2 rings (SSSR count). The average Bonchev–Trinajstić information content (AvgIpc) is 2.87. The Balaban J connectivity index is 2.00. The molecular weight excluding hydrogens is 248 g/mol. The topological polar surface area (TPSA) is 49.0 Å². The Morgan fingerprint density at radius 2 is 2.05 bits per heavy atom. The van der Waals surface area contributed by atoms with Gasteiger partial charge in [0.25, 0.3) is 0 Å². The van der Waals surface area contributed by atoms with E-state index in [9.17, 15) is 5.11 Å². The van der Waals surface area contributed by atoms with Crippen LogP contribution in [-0.4, -0.2) is 9.67 Å². The van der Waals surface area contributed by atoms with Crippen LogP contribution in [0.15, 0.2) is 30.5 Å². The second-order valence-electron chi connectivity index (χ2n) is 5.97. The van der Waals surface area contributed by atoms with E-state index < -0.39 is 0 Å². The van der Waals surface area contributed by atoms with Crippen molar-refractivity contribution in [1.82, 2.24) is 4.57 Å². The van der Waals surface area contributed by atoms with Crippen LogP contribution in [0.4, 0.5) is 0 Å².